The molecule has 0 aliphatic heterocycles. The van der Waals surface area contributed by atoms with Gasteiger partial charge in [-0.05, 0) is 58.4 Å². The minimum absolute atomic E-state index is 0.132. The number of alkyl carbamates (subject to hydrolysis) is 1. The van der Waals surface area contributed by atoms with Gasteiger partial charge in [-0.15, -0.1) is 0 Å². The number of carbonyl (C=O) groups is 3. The molecule has 0 saturated carbocycles. The van der Waals surface area contributed by atoms with Gasteiger partial charge < -0.3 is 31.2 Å². The molecule has 0 heterocycles. The second kappa shape index (κ2) is 18.3. The normalized spacial score (nSPS) is 11.0. The van der Waals surface area contributed by atoms with E-state index in [1.165, 1.54) is 12.0 Å². The van der Waals surface area contributed by atoms with Crippen LogP contribution in [0.1, 0.15) is 59.9 Å². The third-order valence-corrected chi connectivity index (χ3v) is 3.49. The van der Waals surface area contributed by atoms with E-state index < -0.39 is 17.7 Å². The highest BCUT2D eigenvalue weighted by atomic mass is 16.6. The Kier molecular flexibility index (Phi) is 18.2. The summed E-state index contributed by atoms with van der Waals surface area (Å²) in [4.78, 5) is 32.9. The smallest absolute Gasteiger partial charge is 0.407 e. The van der Waals surface area contributed by atoms with Gasteiger partial charge in [-0.3, -0.25) is 4.79 Å². The summed E-state index contributed by atoms with van der Waals surface area (Å²) in [6.07, 6.45) is 2.85. The zero-order valence-electron chi connectivity index (χ0n) is 20.2. The van der Waals surface area contributed by atoms with Gasteiger partial charge in [0, 0.05) is 18.8 Å². The fourth-order valence-corrected chi connectivity index (χ4v) is 2.09. The van der Waals surface area contributed by atoms with E-state index in [2.05, 4.69) is 42.5 Å². The van der Waals surface area contributed by atoms with Gasteiger partial charge in [0.2, 0.25) is 5.91 Å². The van der Waals surface area contributed by atoms with E-state index in [0.717, 1.165) is 12.1 Å². The first-order chi connectivity index (χ1) is 14.6. The largest absolute Gasteiger partial charge is 0.444 e. The van der Waals surface area contributed by atoms with E-state index in [1.807, 2.05) is 24.3 Å². The van der Waals surface area contributed by atoms with Crippen molar-refractivity contribution in [3.8, 4) is 0 Å². The maximum Gasteiger partial charge on any atom is 0.407 e. The van der Waals surface area contributed by atoms with Gasteiger partial charge in [0.15, 0.2) is 0 Å². The van der Waals surface area contributed by atoms with E-state index in [1.54, 1.807) is 27.8 Å². The van der Waals surface area contributed by atoms with E-state index in [9.17, 15) is 9.59 Å². The Morgan fingerprint density at radius 1 is 1.13 bits per heavy atom. The van der Waals surface area contributed by atoms with Crippen molar-refractivity contribution in [2.24, 2.45) is 5.73 Å². The number of carbonyl (C=O) groups excluding carboxylic acids is 3. The summed E-state index contributed by atoms with van der Waals surface area (Å²) < 4.78 is 5.16. The van der Waals surface area contributed by atoms with Crippen LogP contribution in [0.25, 0.3) is 0 Å². The molecular weight excluding hydrogens is 396 g/mol. The Bertz CT molecular complexity index is 613. The number of hydrogen-bond acceptors (Lipinski definition) is 6. The average molecular weight is 439 g/mol. The molecule has 1 aromatic rings. The van der Waals surface area contributed by atoms with Gasteiger partial charge >= 0.3 is 6.09 Å². The van der Waals surface area contributed by atoms with Crippen molar-refractivity contribution >= 4 is 24.0 Å². The summed E-state index contributed by atoms with van der Waals surface area (Å²) in [5.41, 5.74) is 6.11. The van der Waals surface area contributed by atoms with Gasteiger partial charge in [0.05, 0.1) is 6.04 Å². The van der Waals surface area contributed by atoms with Crippen LogP contribution in [0.15, 0.2) is 24.3 Å². The van der Waals surface area contributed by atoms with Crippen LogP contribution >= 0.6 is 0 Å². The van der Waals surface area contributed by atoms with Crippen molar-refractivity contribution < 1.29 is 19.1 Å². The summed E-state index contributed by atoms with van der Waals surface area (Å²) in [7, 11) is 1.72. The van der Waals surface area contributed by atoms with Crippen molar-refractivity contribution in [3.05, 3.63) is 29.8 Å². The maximum absolute atomic E-state index is 12.3. The molecule has 1 rings (SSSR count). The van der Waals surface area contributed by atoms with Crippen molar-refractivity contribution in [1.82, 2.24) is 10.6 Å². The van der Waals surface area contributed by atoms with Crippen molar-refractivity contribution in [2.45, 2.75) is 72.4 Å². The van der Waals surface area contributed by atoms with Crippen LogP contribution in [0.4, 0.5) is 10.5 Å². The molecule has 1 atom stereocenters. The van der Waals surface area contributed by atoms with Crippen molar-refractivity contribution in [3.63, 3.8) is 0 Å². The molecule has 8 nitrogen and oxygen atoms in total. The number of amides is 2. The number of nitrogens with one attached hydrogen (secondary N) is 3. The molecule has 0 fully saturated rings. The average Bonchev–Trinajstić information content (AvgIpc) is 2.71. The lowest BCUT2D eigenvalue weighted by Gasteiger charge is -2.20. The molecule has 0 aromatic heterocycles. The Hall–Kier alpha value is -2.45. The number of aryl methyl sites for hydroxylation is 1. The minimum atomic E-state index is -0.533. The third kappa shape index (κ3) is 18.1. The molecule has 5 N–H and O–H groups in total. The first kappa shape index (κ1) is 30.7. The predicted octanol–water partition coefficient (Wildman–Crippen LogP) is 3.25. The number of rotatable bonds is 8. The number of likely N-dealkylation sites (N-methyl/N-ethyl adjacent to an activating group) is 1. The fraction of sp³-hybridized carbons (Fsp3) is 0.609. The maximum atomic E-state index is 12.3. The number of nitrogens with two attached hydrogens (primary N) is 1. The summed E-state index contributed by atoms with van der Waals surface area (Å²) >= 11 is 0. The number of benzene rings is 1. The second-order valence-corrected chi connectivity index (χ2v) is 7.71. The fourth-order valence-electron chi connectivity index (χ4n) is 2.09. The Morgan fingerprint density at radius 2 is 1.65 bits per heavy atom. The molecule has 178 valence electrons. The van der Waals surface area contributed by atoms with Gasteiger partial charge in [0.25, 0.3) is 0 Å². The van der Waals surface area contributed by atoms with Crippen LogP contribution in [0.2, 0.25) is 0 Å². The molecule has 0 aliphatic rings. The second-order valence-electron chi connectivity index (χ2n) is 7.71. The van der Waals surface area contributed by atoms with Gasteiger partial charge in [-0.1, -0.05) is 39.3 Å². The number of ether oxygens (including phenoxy) is 1. The molecule has 0 radical (unpaired) electrons. The Labute approximate surface area is 187 Å². The first-order valence-corrected chi connectivity index (χ1v) is 10.8. The van der Waals surface area contributed by atoms with E-state index in [-0.39, 0.29) is 12.5 Å². The topological polar surface area (TPSA) is 123 Å². The molecule has 0 unspecified atom stereocenters. The summed E-state index contributed by atoms with van der Waals surface area (Å²) in [6.45, 7) is 12.2. The lowest BCUT2D eigenvalue weighted by atomic mass is 10.1. The monoisotopic (exact) mass is 438 g/mol. The van der Waals surface area contributed by atoms with E-state index in [4.69, 9.17) is 9.53 Å². The van der Waals surface area contributed by atoms with Crippen LogP contribution in [0.5, 0.6) is 0 Å². The minimum Gasteiger partial charge on any atom is -0.444 e. The molecule has 0 spiro atoms. The summed E-state index contributed by atoms with van der Waals surface area (Å²) in [5, 5.41) is 8.49. The zero-order chi connectivity index (χ0) is 24.3. The molecular formula is C23H42N4O4. The molecule has 0 bridgehead atoms. The van der Waals surface area contributed by atoms with Crippen molar-refractivity contribution in [1.29, 1.82) is 0 Å². The first-order valence-electron chi connectivity index (χ1n) is 10.8. The highest BCUT2D eigenvalue weighted by Gasteiger charge is 2.19. The third-order valence-electron chi connectivity index (χ3n) is 3.49. The molecule has 2 amide bonds. The van der Waals surface area contributed by atoms with Gasteiger partial charge in [0.1, 0.15) is 11.9 Å². The van der Waals surface area contributed by atoms with E-state index in [0.29, 0.717) is 19.3 Å². The van der Waals surface area contributed by atoms with Crippen LogP contribution in [-0.2, 0) is 20.7 Å². The quantitative estimate of drug-likeness (QED) is 0.462. The van der Waals surface area contributed by atoms with E-state index >= 15 is 0 Å². The Balaban J connectivity index is 0. The SMILES string of the molecule is CCC.CCc1ccc(NC(=O)[C@H](CCNC(=O)OC(C)(C)C)NC)cc1.NCC=O. The zero-order valence-corrected chi connectivity index (χ0v) is 20.2. The highest BCUT2D eigenvalue weighted by Crippen LogP contribution is 2.11. The highest BCUT2D eigenvalue weighted by molar-refractivity contribution is 5.94. The molecule has 8 heteroatoms. The van der Waals surface area contributed by atoms with Gasteiger partial charge in [-0.2, -0.15) is 0 Å². The van der Waals surface area contributed by atoms with Gasteiger partial charge in [-0.25, -0.2) is 4.79 Å². The molecule has 31 heavy (non-hydrogen) atoms. The lowest BCUT2D eigenvalue weighted by Crippen LogP contribution is -2.42. The van der Waals surface area contributed by atoms with Crippen LogP contribution in [-0.4, -0.2) is 50.1 Å². The van der Waals surface area contributed by atoms with Crippen molar-refractivity contribution in [2.75, 3.05) is 25.5 Å². The molecule has 0 aliphatic carbocycles. The van der Waals surface area contributed by atoms with Crippen LogP contribution in [0, 0.1) is 0 Å². The number of anilines is 1. The molecule has 0 saturated heterocycles. The summed E-state index contributed by atoms with van der Waals surface area (Å²) in [5.74, 6) is -0.132. The predicted molar refractivity (Wildman–Crippen MR) is 127 cm³/mol. The Morgan fingerprint density at radius 3 is 2.03 bits per heavy atom. The summed E-state index contributed by atoms with van der Waals surface area (Å²) in [6, 6.07) is 7.37. The standard InChI is InChI=1S/C18H29N3O3.C3H8.C2H5NO/c1-6-13-7-9-14(10-8-13)21-16(22)15(19-5)11-12-20-17(23)24-18(2,3)4;1-3-2;3-1-2-4/h7-10,15,19H,6,11-12H2,1-5H3,(H,20,23)(H,21,22);3H2,1-2H3;2H,1,3H2/t15-;;/m0../s1. The number of hydrogen-bond donors (Lipinski definition) is 4. The molecule has 1 aromatic carbocycles. The number of aldehydes is 1. The lowest BCUT2D eigenvalue weighted by molar-refractivity contribution is -0.118. The van der Waals surface area contributed by atoms with Crippen LogP contribution in [0.3, 0.4) is 0 Å². The van der Waals surface area contributed by atoms with Crippen LogP contribution < -0.4 is 21.7 Å².